The van der Waals surface area contributed by atoms with Crippen LogP contribution in [-0.4, -0.2) is 167 Å². The molecule has 1 aromatic rings. The Hall–Kier alpha value is -2.61. The lowest BCUT2D eigenvalue weighted by atomic mass is 10.1. The van der Waals surface area contributed by atoms with Gasteiger partial charge >= 0.3 is 17.9 Å². The number of aliphatic hydroxyl groups excluding tert-OH is 1. The van der Waals surface area contributed by atoms with Gasteiger partial charge in [0.05, 0.1) is 25.7 Å². The number of carbonyl (C=O) groups is 3. The highest BCUT2D eigenvalue weighted by molar-refractivity contribution is 5.69. The van der Waals surface area contributed by atoms with E-state index in [-0.39, 0.29) is 26.2 Å². The number of aliphatic carboxylic acids is 3. The zero-order chi connectivity index (χ0) is 28.6. The first-order valence-corrected chi connectivity index (χ1v) is 13.6. The van der Waals surface area contributed by atoms with Crippen molar-refractivity contribution in [1.82, 2.24) is 24.5 Å². The topological polar surface area (TPSA) is 148 Å². The number of carboxylic acid groups (broad SMARTS) is 3. The van der Waals surface area contributed by atoms with Crippen LogP contribution in [0.3, 0.4) is 0 Å². The predicted octanol–water partition coefficient (Wildman–Crippen LogP) is -0.613. The zero-order valence-corrected chi connectivity index (χ0v) is 23.0. The van der Waals surface area contributed by atoms with Gasteiger partial charge in [-0.2, -0.15) is 0 Å². The van der Waals surface area contributed by atoms with E-state index in [1.807, 2.05) is 35.2 Å². The summed E-state index contributed by atoms with van der Waals surface area (Å²) in [6.45, 7) is 8.00. The molecule has 1 fully saturated rings. The molecule has 4 N–H and O–H groups in total. The minimum Gasteiger partial charge on any atom is -0.480 e. The van der Waals surface area contributed by atoms with Crippen LogP contribution in [-0.2, 0) is 20.8 Å². The molecule has 1 unspecified atom stereocenters. The largest absolute Gasteiger partial charge is 0.480 e. The molecule has 0 bridgehead atoms. The molecule has 1 atom stereocenters. The van der Waals surface area contributed by atoms with Crippen molar-refractivity contribution in [2.24, 2.45) is 0 Å². The highest BCUT2D eigenvalue weighted by Gasteiger charge is 2.21. The number of hydrogen-bond acceptors (Lipinski definition) is 9. The van der Waals surface area contributed by atoms with E-state index in [0.717, 1.165) is 18.7 Å². The molecule has 12 nitrogen and oxygen atoms in total. The Labute approximate surface area is 231 Å². The van der Waals surface area contributed by atoms with Crippen molar-refractivity contribution in [2.75, 3.05) is 98.2 Å². The highest BCUT2D eigenvalue weighted by Crippen LogP contribution is 2.06. The van der Waals surface area contributed by atoms with Gasteiger partial charge in [0.2, 0.25) is 0 Å². The summed E-state index contributed by atoms with van der Waals surface area (Å²) in [5.41, 5.74) is 1.10. The first kappa shape index (κ1) is 32.6. The van der Waals surface area contributed by atoms with Gasteiger partial charge in [-0.1, -0.05) is 37.3 Å². The molecule has 220 valence electrons. The average molecular weight is 552 g/mol. The van der Waals surface area contributed by atoms with E-state index in [1.165, 1.54) is 0 Å². The van der Waals surface area contributed by atoms with Crippen LogP contribution in [0, 0.1) is 0 Å². The van der Waals surface area contributed by atoms with E-state index in [1.54, 1.807) is 9.80 Å². The fraction of sp³-hybridized carbons (Fsp3) is 0.667. The molecule has 0 saturated carbocycles. The second-order valence-corrected chi connectivity index (χ2v) is 10.1. The number of likely N-dealkylation sites (N-methyl/N-ethyl adjacent to an activating group) is 1. The van der Waals surface area contributed by atoms with Crippen molar-refractivity contribution in [3.8, 4) is 0 Å². The van der Waals surface area contributed by atoms with Gasteiger partial charge in [0.25, 0.3) is 0 Å². The van der Waals surface area contributed by atoms with Crippen LogP contribution < -0.4 is 0 Å². The number of nitrogens with zero attached hydrogens (tertiary/aromatic N) is 5. The lowest BCUT2D eigenvalue weighted by Gasteiger charge is -2.34. The summed E-state index contributed by atoms with van der Waals surface area (Å²) in [4.78, 5) is 44.0. The first-order valence-electron chi connectivity index (χ1n) is 13.6. The first-order chi connectivity index (χ1) is 18.6. The van der Waals surface area contributed by atoms with Gasteiger partial charge in [-0.05, 0) is 18.5 Å². The van der Waals surface area contributed by atoms with E-state index in [0.29, 0.717) is 65.3 Å². The van der Waals surface area contributed by atoms with Crippen LogP contribution in [0.4, 0.5) is 0 Å². The molecule has 1 saturated heterocycles. The van der Waals surface area contributed by atoms with Crippen molar-refractivity contribution in [3.05, 3.63) is 35.9 Å². The van der Waals surface area contributed by atoms with Gasteiger partial charge in [-0.25, -0.2) is 0 Å². The zero-order valence-electron chi connectivity index (χ0n) is 23.0. The van der Waals surface area contributed by atoms with Crippen LogP contribution >= 0.6 is 0 Å². The molecule has 0 amide bonds. The van der Waals surface area contributed by atoms with Gasteiger partial charge in [-0.3, -0.25) is 34.0 Å². The Kier molecular flexibility index (Phi) is 14.9. The summed E-state index contributed by atoms with van der Waals surface area (Å²) >= 11 is 0. The summed E-state index contributed by atoms with van der Waals surface area (Å²) in [7, 11) is 0. The van der Waals surface area contributed by atoms with Crippen LogP contribution in [0.5, 0.6) is 0 Å². The van der Waals surface area contributed by atoms with Crippen molar-refractivity contribution >= 4 is 17.9 Å². The molecule has 2 rings (SSSR count). The Morgan fingerprint density at radius 2 is 1.26 bits per heavy atom. The van der Waals surface area contributed by atoms with Crippen molar-refractivity contribution < 1.29 is 34.8 Å². The second-order valence-electron chi connectivity index (χ2n) is 10.1. The van der Waals surface area contributed by atoms with Crippen molar-refractivity contribution in [1.29, 1.82) is 0 Å². The molecule has 0 aliphatic carbocycles. The fourth-order valence-electron chi connectivity index (χ4n) is 4.79. The van der Waals surface area contributed by atoms with Gasteiger partial charge < -0.3 is 25.3 Å². The fourth-order valence-corrected chi connectivity index (χ4v) is 4.79. The molecule has 12 heteroatoms. The van der Waals surface area contributed by atoms with Crippen LogP contribution in [0.2, 0.25) is 0 Å². The lowest BCUT2D eigenvalue weighted by Crippen LogP contribution is -2.49. The van der Waals surface area contributed by atoms with E-state index in [2.05, 4.69) is 16.7 Å². The van der Waals surface area contributed by atoms with Crippen LogP contribution in [0.25, 0.3) is 0 Å². The maximum Gasteiger partial charge on any atom is 0.317 e. The Bertz CT molecular complexity index is 875. The molecule has 0 spiro atoms. The smallest absolute Gasteiger partial charge is 0.317 e. The second kappa shape index (κ2) is 17.9. The van der Waals surface area contributed by atoms with E-state index >= 15 is 0 Å². The third-order valence-electron chi connectivity index (χ3n) is 6.95. The summed E-state index contributed by atoms with van der Waals surface area (Å²) in [5.74, 6) is -2.80. The van der Waals surface area contributed by atoms with E-state index in [4.69, 9.17) is 0 Å². The van der Waals surface area contributed by atoms with Crippen LogP contribution in [0.15, 0.2) is 30.3 Å². The predicted molar refractivity (Wildman–Crippen MR) is 147 cm³/mol. The Morgan fingerprint density at radius 1 is 0.769 bits per heavy atom. The highest BCUT2D eigenvalue weighted by atomic mass is 16.4. The summed E-state index contributed by atoms with van der Waals surface area (Å²) in [6.07, 6.45) is -0.0962. The molecule has 39 heavy (non-hydrogen) atoms. The summed E-state index contributed by atoms with van der Waals surface area (Å²) in [6, 6.07) is 9.81. The SMILES string of the molecule is CCN1CCN(CC(=O)O)CCN(CC(=O)O)CCN(CC(O)CN(CCc2ccccc2)CC(=O)O)CC1. The maximum atomic E-state index is 11.5. The summed E-state index contributed by atoms with van der Waals surface area (Å²) in [5, 5.41) is 39.0. The number of aliphatic hydroxyl groups is 1. The van der Waals surface area contributed by atoms with E-state index < -0.39 is 24.0 Å². The molecule has 1 heterocycles. The van der Waals surface area contributed by atoms with Gasteiger partial charge in [0.15, 0.2) is 0 Å². The van der Waals surface area contributed by atoms with Gasteiger partial charge in [0, 0.05) is 72.0 Å². The van der Waals surface area contributed by atoms with Gasteiger partial charge in [-0.15, -0.1) is 0 Å². The third-order valence-corrected chi connectivity index (χ3v) is 6.95. The number of rotatable bonds is 14. The lowest BCUT2D eigenvalue weighted by molar-refractivity contribution is -0.140. The monoisotopic (exact) mass is 551 g/mol. The van der Waals surface area contributed by atoms with E-state index in [9.17, 15) is 34.8 Å². The molecule has 1 aromatic carbocycles. The normalized spacial score (nSPS) is 18.3. The van der Waals surface area contributed by atoms with Gasteiger partial charge in [0.1, 0.15) is 0 Å². The molecule has 1 aliphatic heterocycles. The minimum absolute atomic E-state index is 0.0894. The summed E-state index contributed by atoms with van der Waals surface area (Å²) < 4.78 is 0. The molecule has 0 aromatic heterocycles. The van der Waals surface area contributed by atoms with Crippen LogP contribution in [0.1, 0.15) is 12.5 Å². The maximum absolute atomic E-state index is 11.5. The number of benzene rings is 1. The standard InChI is InChI=1S/C27H45N5O7/c1-2-28-10-12-29(14-15-31(21-26(36)37)17-16-30(13-11-28)20-25(34)35)18-24(33)19-32(22-27(38)39)9-8-23-6-4-3-5-7-23/h3-7,24,33H,2,8-22H2,1H3,(H,34,35)(H,36,37)(H,38,39). The molecular weight excluding hydrogens is 506 g/mol. The molecular formula is C27H45N5O7. The quantitative estimate of drug-likeness (QED) is 0.234. The number of hydrogen-bond donors (Lipinski definition) is 4. The number of β-amino-alcohol motifs (C(OH)–C–C–N with tert-alkyl or cyclic N) is 1. The Morgan fingerprint density at radius 3 is 1.72 bits per heavy atom. The number of carboxylic acids is 3. The minimum atomic E-state index is -0.946. The Balaban J connectivity index is 2.04. The average Bonchev–Trinajstić information content (AvgIpc) is 2.87. The third kappa shape index (κ3) is 14.4. The van der Waals surface area contributed by atoms with Crippen molar-refractivity contribution in [2.45, 2.75) is 19.4 Å². The molecule has 1 aliphatic rings. The van der Waals surface area contributed by atoms with Crippen molar-refractivity contribution in [3.63, 3.8) is 0 Å². The molecule has 0 radical (unpaired) electrons.